The largest absolute Gasteiger partial charge is 0.489 e. The molecule has 0 amide bonds. The molecule has 9 nitrogen and oxygen atoms in total. The summed E-state index contributed by atoms with van der Waals surface area (Å²) < 4.78 is 4.94. The van der Waals surface area contributed by atoms with Gasteiger partial charge < -0.3 is 14.8 Å². The molecule has 0 bridgehead atoms. The van der Waals surface area contributed by atoms with E-state index < -0.39 is 7.12 Å². The smallest absolute Gasteiger partial charge is 0.423 e. The predicted octanol–water partition coefficient (Wildman–Crippen LogP) is 17.8. The molecule has 0 aliphatic carbocycles. The second-order valence-electron chi connectivity index (χ2n) is 19.7. The van der Waals surface area contributed by atoms with E-state index in [0.717, 1.165) is 106 Å². The fourth-order valence-electron chi connectivity index (χ4n) is 10.5. The number of nitrogens with zero attached hydrogens (tertiary/aromatic N) is 6. The zero-order valence-electron chi connectivity index (χ0n) is 44.6. The van der Waals surface area contributed by atoms with E-state index in [2.05, 4.69) is 113 Å². The van der Waals surface area contributed by atoms with Gasteiger partial charge in [0.1, 0.15) is 0 Å². The number of benzene rings is 12. The van der Waals surface area contributed by atoms with Gasteiger partial charge in [0, 0.05) is 56.5 Å². The van der Waals surface area contributed by atoms with E-state index in [1.54, 1.807) is 12.1 Å². The van der Waals surface area contributed by atoms with E-state index in [1.807, 2.05) is 127 Å². The molecular formula is C71H54BCl3N6O3. The van der Waals surface area contributed by atoms with Crippen LogP contribution < -0.4 is 5.46 Å². The van der Waals surface area contributed by atoms with Crippen molar-refractivity contribution in [3.8, 4) is 56.9 Å². The summed E-state index contributed by atoms with van der Waals surface area (Å²) in [5, 5.41) is 32.3. The lowest BCUT2D eigenvalue weighted by Gasteiger charge is -2.13. The van der Waals surface area contributed by atoms with E-state index in [9.17, 15) is 0 Å². The molecule has 0 atom stereocenters. The maximum atomic E-state index is 9.13. The van der Waals surface area contributed by atoms with E-state index in [-0.39, 0.29) is 12.7 Å². The molecule has 1 aliphatic rings. The minimum Gasteiger partial charge on any atom is -0.423 e. The van der Waals surface area contributed by atoms with Gasteiger partial charge >= 0.3 is 7.12 Å². The van der Waals surface area contributed by atoms with Crippen LogP contribution in [0.4, 0.5) is 0 Å². The molecule has 84 heavy (non-hydrogen) atoms. The first-order valence-electron chi connectivity index (χ1n) is 27.1. The number of fused-ring (bicyclic) bond motifs is 6. The second kappa shape index (κ2) is 26.1. The first-order valence-corrected chi connectivity index (χ1v) is 28.3. The van der Waals surface area contributed by atoms with Crippen molar-refractivity contribution in [2.24, 2.45) is 0 Å². The van der Waals surface area contributed by atoms with Gasteiger partial charge in [-0.25, -0.2) is 19.9 Å². The second-order valence-corrected chi connectivity index (χ2v) is 20.8. The fourth-order valence-corrected chi connectivity index (χ4v) is 11.1. The number of ether oxygens (including phenoxy) is 1. The summed E-state index contributed by atoms with van der Waals surface area (Å²) in [6.45, 7) is 2.00. The van der Waals surface area contributed by atoms with Crippen LogP contribution in [0.5, 0.6) is 0 Å². The molecule has 0 radical (unpaired) electrons. The van der Waals surface area contributed by atoms with Gasteiger partial charge in [-0.1, -0.05) is 255 Å². The zero-order valence-corrected chi connectivity index (χ0v) is 46.9. The summed E-state index contributed by atoms with van der Waals surface area (Å²) in [7, 11) is -1.46. The number of aromatic nitrogens is 6. The standard InChI is InChI=1S/C33H20ClN3.C23H14ClN3.C10H8BClO2.C4H8O.CH4/c34-30-20-19-29(25-15-5-6-16-26(25)30)33-36-31(27-17-7-11-21-9-1-3-13-23(21)27)35-32(37-33)28-18-8-12-22-10-2-4-14-24(22)28;24-23-26-21(19-13-5-9-15-7-1-3-11-17(15)19)25-22(27-23)20-14-6-10-16-8-2-4-12-18(16)20;12-10-6-5-9(11(13)14)7-3-1-2-4-8(7)10;1-2-4-5-3-1;/h1-20H;1-14H;1-6,13-14H;1-4H2;1H4. The van der Waals surface area contributed by atoms with E-state index in [1.165, 1.54) is 12.8 Å². The Morgan fingerprint density at radius 3 is 0.940 bits per heavy atom. The van der Waals surface area contributed by atoms with Crippen LogP contribution in [0.15, 0.2) is 243 Å². The highest BCUT2D eigenvalue weighted by Gasteiger charge is 2.19. The number of hydrogen-bond donors (Lipinski definition) is 2. The minimum absolute atomic E-state index is 0. The third-order valence-electron chi connectivity index (χ3n) is 14.5. The van der Waals surface area contributed by atoms with Crippen LogP contribution in [-0.2, 0) is 4.74 Å². The van der Waals surface area contributed by atoms with Crippen molar-refractivity contribution in [1.29, 1.82) is 0 Å². The van der Waals surface area contributed by atoms with Gasteiger partial charge in [0.15, 0.2) is 29.1 Å². The molecule has 1 saturated heterocycles. The highest BCUT2D eigenvalue weighted by molar-refractivity contribution is 6.62. The van der Waals surface area contributed by atoms with Crippen molar-refractivity contribution in [2.45, 2.75) is 20.3 Å². The topological polar surface area (TPSA) is 127 Å². The van der Waals surface area contributed by atoms with E-state index >= 15 is 0 Å². The maximum Gasteiger partial charge on any atom is 0.489 e. The molecule has 0 spiro atoms. The lowest BCUT2D eigenvalue weighted by Crippen LogP contribution is -2.30. The maximum absolute atomic E-state index is 9.13. The Labute approximate surface area is 502 Å². The SMILES string of the molecule is C.C1CCOC1.Clc1ccc(-c2nc(-c3cccc4ccccc34)nc(-c3cccc4ccccc34)n2)c2ccccc12.Clc1nc(-c2cccc3ccccc23)nc(-c2cccc3ccccc23)n1.OB(O)c1ccc(Cl)c2ccccc12. The van der Waals surface area contributed by atoms with Crippen molar-refractivity contribution in [3.63, 3.8) is 0 Å². The highest BCUT2D eigenvalue weighted by atomic mass is 35.5. The molecule has 13 heteroatoms. The number of hydrogen-bond acceptors (Lipinski definition) is 9. The average molecular weight is 1160 g/mol. The van der Waals surface area contributed by atoms with Crippen LogP contribution in [0.25, 0.3) is 122 Å². The summed E-state index contributed by atoms with van der Waals surface area (Å²) in [6, 6.07) is 80.4. The molecule has 2 aromatic heterocycles. The fraction of sp³-hybridized carbons (Fsp3) is 0.0704. The monoisotopic (exact) mass is 1150 g/mol. The minimum atomic E-state index is -1.46. The highest BCUT2D eigenvalue weighted by Crippen LogP contribution is 2.37. The molecule has 15 rings (SSSR count). The Morgan fingerprint density at radius 2 is 0.583 bits per heavy atom. The predicted molar refractivity (Wildman–Crippen MR) is 350 cm³/mol. The van der Waals surface area contributed by atoms with E-state index in [0.29, 0.717) is 44.6 Å². The van der Waals surface area contributed by atoms with E-state index in [4.69, 9.17) is 69.5 Å². The van der Waals surface area contributed by atoms with Gasteiger partial charge in [-0.3, -0.25) is 0 Å². The molecule has 410 valence electrons. The average Bonchev–Trinajstić information content (AvgIpc) is 4.29. The van der Waals surface area contributed by atoms with Gasteiger partial charge in [0.05, 0.1) is 0 Å². The molecule has 14 aromatic rings. The summed E-state index contributed by atoms with van der Waals surface area (Å²) >= 11 is 18.8. The Kier molecular flexibility index (Phi) is 17.7. The normalized spacial score (nSPS) is 11.8. The van der Waals surface area contributed by atoms with Crippen LogP contribution in [0, 0.1) is 0 Å². The third kappa shape index (κ3) is 12.2. The van der Waals surface area contributed by atoms with Gasteiger partial charge in [0.2, 0.25) is 5.28 Å². The Hall–Kier alpha value is -8.97. The Balaban J connectivity index is 0.000000136. The molecule has 1 fully saturated rings. The van der Waals surface area contributed by atoms with Gasteiger partial charge in [-0.15, -0.1) is 0 Å². The lowest BCUT2D eigenvalue weighted by atomic mass is 9.77. The van der Waals surface area contributed by atoms with Gasteiger partial charge in [0.25, 0.3) is 0 Å². The van der Waals surface area contributed by atoms with Gasteiger partial charge in [-0.05, 0) is 107 Å². The summed E-state index contributed by atoms with van der Waals surface area (Å²) in [5.74, 6) is 3.06. The van der Waals surface area contributed by atoms with Crippen molar-refractivity contribution in [1.82, 2.24) is 29.9 Å². The molecule has 0 saturated carbocycles. The Bertz CT molecular complexity index is 4460. The first-order chi connectivity index (χ1) is 40.8. The quantitative estimate of drug-likeness (QED) is 0.156. The number of halogens is 3. The summed E-state index contributed by atoms with van der Waals surface area (Å²) in [5.41, 5.74) is 5.23. The Morgan fingerprint density at radius 1 is 0.298 bits per heavy atom. The van der Waals surface area contributed by atoms with Crippen molar-refractivity contribution in [3.05, 3.63) is 258 Å². The van der Waals surface area contributed by atoms with Crippen molar-refractivity contribution in [2.75, 3.05) is 13.2 Å². The molecular weight excluding hydrogens is 1100 g/mol. The molecule has 1 aliphatic heterocycles. The van der Waals surface area contributed by atoms with Crippen LogP contribution in [-0.4, -0.2) is 60.3 Å². The van der Waals surface area contributed by atoms with Crippen LogP contribution in [0.3, 0.4) is 0 Å². The van der Waals surface area contributed by atoms with Crippen molar-refractivity contribution < 1.29 is 14.8 Å². The van der Waals surface area contributed by atoms with Crippen LogP contribution >= 0.6 is 34.8 Å². The first kappa shape index (κ1) is 56.9. The summed E-state index contributed by atoms with van der Waals surface area (Å²) in [4.78, 5) is 28.7. The number of rotatable bonds is 6. The lowest BCUT2D eigenvalue weighted by molar-refractivity contribution is 0.198. The van der Waals surface area contributed by atoms with Crippen LogP contribution in [0.1, 0.15) is 20.3 Å². The molecule has 2 N–H and O–H groups in total. The molecule has 3 heterocycles. The zero-order chi connectivity index (χ0) is 56.7. The third-order valence-corrected chi connectivity index (χ3v) is 15.3. The van der Waals surface area contributed by atoms with Crippen LogP contribution in [0.2, 0.25) is 15.3 Å². The molecule has 0 unspecified atom stereocenters. The van der Waals surface area contributed by atoms with Gasteiger partial charge in [-0.2, -0.15) is 9.97 Å². The van der Waals surface area contributed by atoms with Crippen molar-refractivity contribution >= 4 is 112 Å². The molecule has 12 aromatic carbocycles. The summed E-state index contributed by atoms with van der Waals surface area (Å²) in [6.07, 6.45) is 2.56.